The molecule has 2 unspecified atom stereocenters. The molecule has 1 aliphatic heterocycles. The van der Waals surface area contributed by atoms with Crippen molar-refractivity contribution in [3.63, 3.8) is 0 Å². The summed E-state index contributed by atoms with van der Waals surface area (Å²) in [6.45, 7) is 1.57. The monoisotopic (exact) mass is 294 g/mol. The van der Waals surface area contributed by atoms with Crippen molar-refractivity contribution < 1.29 is 22.7 Å². The minimum absolute atomic E-state index is 0.0271. The first-order chi connectivity index (χ1) is 9.47. The van der Waals surface area contributed by atoms with Crippen LogP contribution in [0.3, 0.4) is 0 Å². The Morgan fingerprint density at radius 1 is 1.35 bits per heavy atom. The first-order valence-corrected chi connectivity index (χ1v) is 7.14. The Bertz CT molecular complexity index is 324. The summed E-state index contributed by atoms with van der Waals surface area (Å²) in [7, 11) is 0. The number of nitrogens with one attached hydrogen (secondary N) is 2. The zero-order chi connectivity index (χ0) is 14.6. The van der Waals surface area contributed by atoms with Gasteiger partial charge >= 0.3 is 6.18 Å². The largest absolute Gasteiger partial charge is 0.408 e. The van der Waals surface area contributed by atoms with E-state index in [1.54, 1.807) is 0 Å². The van der Waals surface area contributed by atoms with Gasteiger partial charge in [-0.1, -0.05) is 12.8 Å². The van der Waals surface area contributed by atoms with Crippen molar-refractivity contribution in [3.8, 4) is 0 Å². The van der Waals surface area contributed by atoms with Crippen LogP contribution in [0.25, 0.3) is 0 Å². The molecule has 7 heteroatoms. The maximum absolute atomic E-state index is 13.1. The number of ether oxygens (including phenoxy) is 1. The molecule has 2 fully saturated rings. The minimum atomic E-state index is -4.37. The van der Waals surface area contributed by atoms with Crippen LogP contribution in [0, 0.1) is 5.92 Å². The zero-order valence-electron chi connectivity index (χ0n) is 11.3. The smallest absolute Gasteiger partial charge is 0.378 e. The summed E-state index contributed by atoms with van der Waals surface area (Å²) >= 11 is 0. The van der Waals surface area contributed by atoms with Gasteiger partial charge < -0.3 is 15.4 Å². The molecule has 0 aromatic carbocycles. The molecule has 1 saturated heterocycles. The van der Waals surface area contributed by atoms with Crippen LogP contribution in [0.4, 0.5) is 13.2 Å². The van der Waals surface area contributed by atoms with Gasteiger partial charge in [-0.3, -0.25) is 4.79 Å². The summed E-state index contributed by atoms with van der Waals surface area (Å²) in [5, 5.41) is 5.25. The van der Waals surface area contributed by atoms with Crippen molar-refractivity contribution in [2.24, 2.45) is 5.92 Å². The Balaban J connectivity index is 1.87. The maximum atomic E-state index is 13.1. The Hall–Kier alpha value is -0.820. The minimum Gasteiger partial charge on any atom is -0.378 e. The second kappa shape index (κ2) is 6.76. The van der Waals surface area contributed by atoms with Crippen molar-refractivity contribution >= 4 is 5.91 Å². The zero-order valence-corrected chi connectivity index (χ0v) is 11.3. The third-order valence-electron chi connectivity index (χ3n) is 3.97. The third-order valence-corrected chi connectivity index (χ3v) is 3.97. The van der Waals surface area contributed by atoms with Gasteiger partial charge in [0.05, 0.1) is 13.2 Å². The van der Waals surface area contributed by atoms with E-state index in [0.717, 1.165) is 12.8 Å². The summed E-state index contributed by atoms with van der Waals surface area (Å²) in [6, 6.07) is -1.90. The topological polar surface area (TPSA) is 50.4 Å². The highest BCUT2D eigenvalue weighted by atomic mass is 19.4. The number of alkyl halides is 3. The molecule has 0 bridgehead atoms. The van der Waals surface area contributed by atoms with Crippen LogP contribution >= 0.6 is 0 Å². The van der Waals surface area contributed by atoms with Gasteiger partial charge in [-0.15, -0.1) is 0 Å². The standard InChI is InChI=1S/C13H21F3N2O2/c14-13(15,16)12(9-3-1-2-4-9)18-11(19)7-10-8-20-6-5-17-10/h9-10,12,17H,1-8H2,(H,18,19). The number of hydrogen-bond acceptors (Lipinski definition) is 3. The van der Waals surface area contributed by atoms with Crippen LogP contribution in [0.15, 0.2) is 0 Å². The number of morpholine rings is 1. The Labute approximate surface area is 116 Å². The fraction of sp³-hybridized carbons (Fsp3) is 0.923. The van der Waals surface area contributed by atoms with E-state index in [0.29, 0.717) is 32.6 Å². The molecule has 1 aliphatic carbocycles. The van der Waals surface area contributed by atoms with Crippen molar-refractivity contribution in [2.45, 2.75) is 50.4 Å². The van der Waals surface area contributed by atoms with E-state index in [2.05, 4.69) is 10.6 Å². The molecular weight excluding hydrogens is 273 g/mol. The SMILES string of the molecule is O=C(CC1COCCN1)NC(C1CCCC1)C(F)(F)F. The number of halogens is 3. The average Bonchev–Trinajstić information content (AvgIpc) is 2.89. The van der Waals surface area contributed by atoms with E-state index in [4.69, 9.17) is 4.74 Å². The molecule has 0 spiro atoms. The lowest BCUT2D eigenvalue weighted by atomic mass is 9.97. The number of carbonyl (C=O) groups is 1. The van der Waals surface area contributed by atoms with E-state index < -0.39 is 24.0 Å². The summed E-state index contributed by atoms with van der Waals surface area (Å²) < 4.78 is 44.4. The van der Waals surface area contributed by atoms with Crippen molar-refractivity contribution in [1.82, 2.24) is 10.6 Å². The van der Waals surface area contributed by atoms with Crippen molar-refractivity contribution in [3.05, 3.63) is 0 Å². The van der Waals surface area contributed by atoms with Crippen LogP contribution < -0.4 is 10.6 Å². The van der Waals surface area contributed by atoms with Gasteiger partial charge in [0.1, 0.15) is 6.04 Å². The molecule has 0 aromatic rings. The average molecular weight is 294 g/mol. The highest BCUT2D eigenvalue weighted by Crippen LogP contribution is 2.35. The van der Waals surface area contributed by atoms with Crippen LogP contribution in [0.5, 0.6) is 0 Å². The number of rotatable bonds is 4. The summed E-state index contributed by atoms with van der Waals surface area (Å²) in [5.41, 5.74) is 0. The molecule has 1 heterocycles. The molecule has 20 heavy (non-hydrogen) atoms. The summed E-state index contributed by atoms with van der Waals surface area (Å²) in [6.07, 6.45) is -1.65. The van der Waals surface area contributed by atoms with Gasteiger partial charge in [-0.05, 0) is 18.8 Å². The summed E-state index contributed by atoms with van der Waals surface area (Å²) in [5.74, 6) is -1.03. The second-order valence-electron chi connectivity index (χ2n) is 5.56. The summed E-state index contributed by atoms with van der Waals surface area (Å²) in [4.78, 5) is 11.8. The fourth-order valence-corrected chi connectivity index (χ4v) is 2.96. The predicted octanol–water partition coefficient (Wildman–Crippen LogP) is 1.60. The predicted molar refractivity (Wildman–Crippen MR) is 67.2 cm³/mol. The lowest BCUT2D eigenvalue weighted by Crippen LogP contribution is -2.52. The van der Waals surface area contributed by atoms with E-state index in [9.17, 15) is 18.0 Å². The van der Waals surface area contributed by atoms with Gasteiger partial charge in [0, 0.05) is 19.0 Å². The van der Waals surface area contributed by atoms with Crippen LogP contribution in [-0.2, 0) is 9.53 Å². The molecule has 116 valence electrons. The van der Waals surface area contributed by atoms with Crippen molar-refractivity contribution in [2.75, 3.05) is 19.8 Å². The van der Waals surface area contributed by atoms with E-state index in [-0.39, 0.29) is 12.5 Å². The second-order valence-corrected chi connectivity index (χ2v) is 5.56. The van der Waals surface area contributed by atoms with Crippen LogP contribution in [0.2, 0.25) is 0 Å². The number of carbonyl (C=O) groups excluding carboxylic acids is 1. The molecule has 2 aliphatic rings. The van der Waals surface area contributed by atoms with Gasteiger partial charge in [-0.25, -0.2) is 0 Å². The molecule has 2 N–H and O–H groups in total. The lowest BCUT2D eigenvalue weighted by molar-refractivity contribution is -0.172. The van der Waals surface area contributed by atoms with E-state index >= 15 is 0 Å². The Morgan fingerprint density at radius 2 is 2.05 bits per heavy atom. The molecule has 0 radical (unpaired) electrons. The highest BCUT2D eigenvalue weighted by Gasteiger charge is 2.46. The van der Waals surface area contributed by atoms with E-state index in [1.807, 2.05) is 0 Å². The molecule has 1 saturated carbocycles. The van der Waals surface area contributed by atoms with Gasteiger partial charge in [0.2, 0.25) is 5.91 Å². The quantitative estimate of drug-likeness (QED) is 0.828. The number of amides is 1. The highest BCUT2D eigenvalue weighted by molar-refractivity contribution is 5.77. The van der Waals surface area contributed by atoms with Crippen LogP contribution in [-0.4, -0.2) is 43.9 Å². The molecule has 2 atom stereocenters. The third kappa shape index (κ3) is 4.34. The Morgan fingerprint density at radius 3 is 2.60 bits per heavy atom. The van der Waals surface area contributed by atoms with E-state index in [1.165, 1.54) is 0 Å². The first-order valence-electron chi connectivity index (χ1n) is 7.14. The van der Waals surface area contributed by atoms with Gasteiger partial charge in [-0.2, -0.15) is 13.2 Å². The lowest BCUT2D eigenvalue weighted by Gasteiger charge is -2.28. The molecule has 0 aromatic heterocycles. The molecule has 1 amide bonds. The first kappa shape index (κ1) is 15.6. The molecule has 2 rings (SSSR count). The fourth-order valence-electron chi connectivity index (χ4n) is 2.96. The van der Waals surface area contributed by atoms with Gasteiger partial charge in [0.15, 0.2) is 0 Å². The molecule has 4 nitrogen and oxygen atoms in total. The van der Waals surface area contributed by atoms with Crippen LogP contribution in [0.1, 0.15) is 32.1 Å². The molecular formula is C13H21F3N2O2. The maximum Gasteiger partial charge on any atom is 0.408 e. The van der Waals surface area contributed by atoms with Gasteiger partial charge in [0.25, 0.3) is 0 Å². The Kier molecular flexibility index (Phi) is 5.26. The normalized spacial score (nSPS) is 26.4. The van der Waals surface area contributed by atoms with Crippen molar-refractivity contribution in [1.29, 1.82) is 0 Å². The number of hydrogen-bond donors (Lipinski definition) is 2.